The lowest BCUT2D eigenvalue weighted by molar-refractivity contribution is -0.0512. The average Bonchev–Trinajstić information content (AvgIpc) is 2.03. The third-order valence-electron chi connectivity index (χ3n) is 2.33. The van der Waals surface area contributed by atoms with E-state index in [-0.39, 0.29) is 18.1 Å². The standard InChI is InChI=1S/C9H18O2/c1-5-6-9(3,11-4)8(2)7-10/h5,8,10H,1,6-7H2,2-4H3/t8-,9?/m1/s1. The molecule has 0 saturated heterocycles. The molecule has 0 aliphatic rings. The van der Waals surface area contributed by atoms with Crippen LogP contribution in [0.25, 0.3) is 0 Å². The highest BCUT2D eigenvalue weighted by Gasteiger charge is 2.28. The zero-order valence-corrected chi connectivity index (χ0v) is 7.63. The molecule has 0 aliphatic heterocycles. The van der Waals surface area contributed by atoms with Gasteiger partial charge in [-0.25, -0.2) is 0 Å². The van der Waals surface area contributed by atoms with Gasteiger partial charge in [0.2, 0.25) is 0 Å². The molecule has 0 rings (SSSR count). The van der Waals surface area contributed by atoms with E-state index < -0.39 is 0 Å². The molecular weight excluding hydrogens is 140 g/mol. The Morgan fingerprint density at radius 3 is 2.55 bits per heavy atom. The Morgan fingerprint density at radius 2 is 2.27 bits per heavy atom. The second-order valence-corrected chi connectivity index (χ2v) is 3.09. The SMILES string of the molecule is C=CCC(C)(OC)[C@H](C)CO. The summed E-state index contributed by atoms with van der Waals surface area (Å²) in [6, 6.07) is 0. The Balaban J connectivity index is 4.18. The third kappa shape index (κ3) is 2.64. The van der Waals surface area contributed by atoms with Gasteiger partial charge in [-0.1, -0.05) is 13.0 Å². The lowest BCUT2D eigenvalue weighted by atomic mass is 9.88. The fourth-order valence-electron chi connectivity index (χ4n) is 0.965. The predicted molar refractivity (Wildman–Crippen MR) is 46.5 cm³/mol. The fourth-order valence-corrected chi connectivity index (χ4v) is 0.965. The van der Waals surface area contributed by atoms with Crippen LogP contribution in [-0.4, -0.2) is 24.4 Å². The van der Waals surface area contributed by atoms with E-state index in [1.54, 1.807) is 7.11 Å². The number of methoxy groups -OCH3 is 1. The van der Waals surface area contributed by atoms with Gasteiger partial charge in [0.15, 0.2) is 0 Å². The van der Waals surface area contributed by atoms with Crippen LogP contribution in [-0.2, 0) is 4.74 Å². The maximum Gasteiger partial charge on any atom is 0.0732 e. The molecule has 0 aromatic heterocycles. The largest absolute Gasteiger partial charge is 0.396 e. The molecule has 0 aromatic rings. The van der Waals surface area contributed by atoms with E-state index in [0.717, 1.165) is 6.42 Å². The van der Waals surface area contributed by atoms with Crippen LogP contribution in [0.4, 0.5) is 0 Å². The van der Waals surface area contributed by atoms with Gasteiger partial charge >= 0.3 is 0 Å². The van der Waals surface area contributed by atoms with Crippen molar-refractivity contribution in [2.45, 2.75) is 25.9 Å². The second-order valence-electron chi connectivity index (χ2n) is 3.09. The van der Waals surface area contributed by atoms with Gasteiger partial charge in [-0.2, -0.15) is 0 Å². The van der Waals surface area contributed by atoms with Crippen molar-refractivity contribution in [1.82, 2.24) is 0 Å². The molecule has 0 spiro atoms. The highest BCUT2D eigenvalue weighted by molar-refractivity contribution is 4.87. The van der Waals surface area contributed by atoms with Gasteiger partial charge < -0.3 is 9.84 Å². The molecule has 11 heavy (non-hydrogen) atoms. The minimum Gasteiger partial charge on any atom is -0.396 e. The fraction of sp³-hybridized carbons (Fsp3) is 0.778. The van der Waals surface area contributed by atoms with E-state index in [9.17, 15) is 0 Å². The zero-order valence-electron chi connectivity index (χ0n) is 7.63. The summed E-state index contributed by atoms with van der Waals surface area (Å²) in [6.07, 6.45) is 2.58. The van der Waals surface area contributed by atoms with Crippen LogP contribution in [0, 0.1) is 5.92 Å². The number of rotatable bonds is 5. The highest BCUT2D eigenvalue weighted by Crippen LogP contribution is 2.24. The van der Waals surface area contributed by atoms with Crippen molar-refractivity contribution in [2.24, 2.45) is 5.92 Å². The predicted octanol–water partition coefficient (Wildman–Crippen LogP) is 1.60. The first-order valence-corrected chi connectivity index (χ1v) is 3.87. The first-order valence-electron chi connectivity index (χ1n) is 3.87. The lowest BCUT2D eigenvalue weighted by Gasteiger charge is -2.32. The van der Waals surface area contributed by atoms with Gasteiger partial charge in [-0.15, -0.1) is 6.58 Å². The van der Waals surface area contributed by atoms with E-state index in [0.29, 0.717) is 0 Å². The van der Waals surface area contributed by atoms with E-state index >= 15 is 0 Å². The van der Waals surface area contributed by atoms with E-state index in [2.05, 4.69) is 6.58 Å². The summed E-state index contributed by atoms with van der Waals surface area (Å²) in [5.74, 6) is 0.144. The molecule has 2 heteroatoms. The molecule has 2 atom stereocenters. The van der Waals surface area contributed by atoms with Gasteiger partial charge in [0, 0.05) is 19.6 Å². The minimum absolute atomic E-state index is 0.144. The van der Waals surface area contributed by atoms with Gasteiger partial charge in [0.1, 0.15) is 0 Å². The summed E-state index contributed by atoms with van der Waals surface area (Å²) in [5, 5.41) is 8.91. The van der Waals surface area contributed by atoms with Gasteiger partial charge in [0.25, 0.3) is 0 Å². The van der Waals surface area contributed by atoms with Crippen molar-refractivity contribution in [3.63, 3.8) is 0 Å². The van der Waals surface area contributed by atoms with Crippen molar-refractivity contribution in [2.75, 3.05) is 13.7 Å². The molecule has 66 valence electrons. The maximum atomic E-state index is 8.91. The van der Waals surface area contributed by atoms with Crippen LogP contribution in [0.5, 0.6) is 0 Å². The number of ether oxygens (including phenoxy) is 1. The van der Waals surface area contributed by atoms with Crippen molar-refractivity contribution < 1.29 is 9.84 Å². The van der Waals surface area contributed by atoms with Gasteiger partial charge in [0.05, 0.1) is 5.60 Å². The summed E-state index contributed by atoms with van der Waals surface area (Å²) < 4.78 is 5.30. The molecule has 0 aliphatic carbocycles. The second kappa shape index (κ2) is 4.52. The van der Waals surface area contributed by atoms with Crippen LogP contribution >= 0.6 is 0 Å². The number of hydrogen-bond acceptors (Lipinski definition) is 2. The van der Waals surface area contributed by atoms with Crippen LogP contribution in [0.1, 0.15) is 20.3 Å². The summed E-state index contributed by atoms with van der Waals surface area (Å²) in [5.41, 5.74) is -0.267. The van der Waals surface area contributed by atoms with Gasteiger partial charge in [-0.05, 0) is 13.3 Å². The molecule has 0 aromatic carbocycles. The van der Waals surface area contributed by atoms with Crippen LogP contribution < -0.4 is 0 Å². The molecule has 1 N–H and O–H groups in total. The Hall–Kier alpha value is -0.340. The summed E-state index contributed by atoms with van der Waals surface area (Å²) in [7, 11) is 1.66. The Bertz CT molecular complexity index is 123. The van der Waals surface area contributed by atoms with Crippen LogP contribution in [0.2, 0.25) is 0 Å². The van der Waals surface area contributed by atoms with E-state index in [1.165, 1.54) is 0 Å². The smallest absolute Gasteiger partial charge is 0.0732 e. The summed E-state index contributed by atoms with van der Waals surface area (Å²) >= 11 is 0. The molecule has 0 heterocycles. The lowest BCUT2D eigenvalue weighted by Crippen LogP contribution is -2.36. The monoisotopic (exact) mass is 158 g/mol. The molecule has 1 unspecified atom stereocenters. The molecule has 0 bridgehead atoms. The Kier molecular flexibility index (Phi) is 4.38. The van der Waals surface area contributed by atoms with Crippen molar-refractivity contribution in [3.8, 4) is 0 Å². The zero-order chi connectivity index (χ0) is 8.91. The van der Waals surface area contributed by atoms with Crippen LogP contribution in [0.3, 0.4) is 0 Å². The quantitative estimate of drug-likeness (QED) is 0.616. The molecule has 0 fully saturated rings. The normalized spacial score (nSPS) is 18.9. The van der Waals surface area contributed by atoms with E-state index in [1.807, 2.05) is 19.9 Å². The molecule has 2 nitrogen and oxygen atoms in total. The molecule has 0 saturated carbocycles. The third-order valence-corrected chi connectivity index (χ3v) is 2.33. The number of hydrogen-bond donors (Lipinski definition) is 1. The summed E-state index contributed by atoms with van der Waals surface area (Å²) in [4.78, 5) is 0. The minimum atomic E-state index is -0.267. The molecule has 0 radical (unpaired) electrons. The average molecular weight is 158 g/mol. The van der Waals surface area contributed by atoms with Crippen molar-refractivity contribution in [3.05, 3.63) is 12.7 Å². The van der Waals surface area contributed by atoms with Gasteiger partial charge in [-0.3, -0.25) is 0 Å². The Labute approximate surface area is 68.9 Å². The highest BCUT2D eigenvalue weighted by atomic mass is 16.5. The Morgan fingerprint density at radius 1 is 1.73 bits per heavy atom. The van der Waals surface area contributed by atoms with Crippen molar-refractivity contribution in [1.29, 1.82) is 0 Å². The number of aliphatic hydroxyl groups excluding tert-OH is 1. The molecular formula is C9H18O2. The first kappa shape index (κ1) is 10.7. The van der Waals surface area contributed by atoms with Crippen molar-refractivity contribution >= 4 is 0 Å². The maximum absolute atomic E-state index is 8.91. The summed E-state index contributed by atoms with van der Waals surface area (Å²) in [6.45, 7) is 7.75. The van der Waals surface area contributed by atoms with E-state index in [4.69, 9.17) is 9.84 Å². The van der Waals surface area contributed by atoms with Crippen LogP contribution in [0.15, 0.2) is 12.7 Å². The molecule has 0 amide bonds. The topological polar surface area (TPSA) is 29.5 Å². The number of aliphatic hydroxyl groups is 1. The first-order chi connectivity index (χ1) is 5.10.